The molecule has 0 aromatic heterocycles. The van der Waals surface area contributed by atoms with E-state index in [1.54, 1.807) is 0 Å². The minimum absolute atomic E-state index is 0.0319. The molecule has 0 aromatic carbocycles. The number of hydrogen-bond donors (Lipinski definition) is 3. The largest absolute Gasteiger partial charge is 0.394 e. The molecule has 2 atom stereocenters. The van der Waals surface area contributed by atoms with Crippen LogP contribution in [0.25, 0.3) is 0 Å². The van der Waals surface area contributed by atoms with Gasteiger partial charge in [0, 0.05) is 6.42 Å². The quantitative estimate of drug-likeness (QED) is 0.0424. The molecule has 4 nitrogen and oxygen atoms in total. The molecule has 0 spiro atoms. The minimum Gasteiger partial charge on any atom is -0.394 e. The molecular weight excluding hydrogens is 699 g/mol. The Morgan fingerprint density at radius 1 is 0.421 bits per heavy atom. The normalized spacial score (nSPS) is 13.0. The highest BCUT2D eigenvalue weighted by molar-refractivity contribution is 5.76. The van der Waals surface area contributed by atoms with Crippen LogP contribution in [0.4, 0.5) is 0 Å². The van der Waals surface area contributed by atoms with Crippen molar-refractivity contribution >= 4 is 5.91 Å². The molecule has 0 heterocycles. The third-order valence-corrected chi connectivity index (χ3v) is 12.2. The van der Waals surface area contributed by atoms with E-state index in [0.717, 1.165) is 32.1 Å². The summed E-state index contributed by atoms with van der Waals surface area (Å²) in [5.74, 6) is -0.0319. The Kier molecular flexibility index (Phi) is 48.3. The summed E-state index contributed by atoms with van der Waals surface area (Å²) in [6.07, 6.45) is 64.9. The van der Waals surface area contributed by atoms with E-state index < -0.39 is 12.1 Å². The van der Waals surface area contributed by atoms with Crippen molar-refractivity contribution in [1.29, 1.82) is 0 Å². The molecule has 0 aliphatic heterocycles. The molecule has 0 saturated heterocycles. The molecule has 1 amide bonds. The van der Waals surface area contributed by atoms with E-state index in [9.17, 15) is 15.0 Å². The second-order valence-electron chi connectivity index (χ2n) is 17.9. The van der Waals surface area contributed by atoms with E-state index in [-0.39, 0.29) is 12.5 Å². The van der Waals surface area contributed by atoms with Crippen molar-refractivity contribution < 1.29 is 15.0 Å². The highest BCUT2D eigenvalue weighted by Crippen LogP contribution is 2.17. The first-order valence-corrected chi connectivity index (χ1v) is 26.0. The standard InChI is InChI=1S/C53H103NO3/c1-3-5-7-9-11-12-13-14-15-16-17-18-19-20-21-22-23-24-25-26-27-28-29-30-31-32-33-34-35-36-37-38-39-40-41-42-43-45-47-49-53(57)54-51(50-55)52(56)48-46-44-10-8-6-4-2/h13-14,16-17,51-52,55-56H,3-12,15,18-50H2,1-2H3,(H,54,57)/b14-13-,17-16-. The molecule has 0 radical (unpaired) electrons. The summed E-state index contributed by atoms with van der Waals surface area (Å²) >= 11 is 0. The Morgan fingerprint density at radius 2 is 0.719 bits per heavy atom. The average molecular weight is 802 g/mol. The number of amides is 1. The monoisotopic (exact) mass is 802 g/mol. The second kappa shape index (κ2) is 49.2. The van der Waals surface area contributed by atoms with Crippen LogP contribution >= 0.6 is 0 Å². The van der Waals surface area contributed by atoms with Crippen LogP contribution in [0.1, 0.15) is 290 Å². The van der Waals surface area contributed by atoms with Gasteiger partial charge in [-0.2, -0.15) is 0 Å². The van der Waals surface area contributed by atoms with Gasteiger partial charge in [-0.25, -0.2) is 0 Å². The van der Waals surface area contributed by atoms with Gasteiger partial charge >= 0.3 is 0 Å². The van der Waals surface area contributed by atoms with Crippen LogP contribution in [0.15, 0.2) is 24.3 Å². The Morgan fingerprint density at radius 3 is 1.05 bits per heavy atom. The number of aliphatic hydroxyl groups excluding tert-OH is 2. The number of carbonyl (C=O) groups is 1. The van der Waals surface area contributed by atoms with Crippen LogP contribution in [-0.2, 0) is 4.79 Å². The van der Waals surface area contributed by atoms with Crippen molar-refractivity contribution in [2.24, 2.45) is 0 Å². The lowest BCUT2D eigenvalue weighted by molar-refractivity contribution is -0.123. The maximum atomic E-state index is 12.3. The minimum atomic E-state index is -0.652. The summed E-state index contributed by atoms with van der Waals surface area (Å²) in [4.78, 5) is 12.3. The lowest BCUT2D eigenvalue weighted by Gasteiger charge is -2.22. The van der Waals surface area contributed by atoms with Crippen molar-refractivity contribution in [3.05, 3.63) is 24.3 Å². The van der Waals surface area contributed by atoms with Gasteiger partial charge in [-0.05, 0) is 44.9 Å². The average Bonchev–Trinajstić information content (AvgIpc) is 3.22. The first-order valence-electron chi connectivity index (χ1n) is 26.0. The van der Waals surface area contributed by atoms with Gasteiger partial charge in [0.25, 0.3) is 0 Å². The highest BCUT2D eigenvalue weighted by atomic mass is 16.3. The highest BCUT2D eigenvalue weighted by Gasteiger charge is 2.20. The summed E-state index contributed by atoms with van der Waals surface area (Å²) in [7, 11) is 0. The molecule has 0 saturated carbocycles. The molecule has 2 unspecified atom stereocenters. The van der Waals surface area contributed by atoms with Crippen LogP contribution in [0.3, 0.4) is 0 Å². The zero-order valence-electron chi connectivity index (χ0n) is 38.9. The third-order valence-electron chi connectivity index (χ3n) is 12.2. The van der Waals surface area contributed by atoms with E-state index in [1.165, 1.54) is 231 Å². The smallest absolute Gasteiger partial charge is 0.220 e. The van der Waals surface area contributed by atoms with Gasteiger partial charge in [0.15, 0.2) is 0 Å². The predicted molar refractivity (Wildman–Crippen MR) is 253 cm³/mol. The molecule has 0 aromatic rings. The Balaban J connectivity index is 3.28. The lowest BCUT2D eigenvalue weighted by Crippen LogP contribution is -2.45. The molecule has 57 heavy (non-hydrogen) atoms. The molecule has 0 aliphatic carbocycles. The van der Waals surface area contributed by atoms with Crippen molar-refractivity contribution in [1.82, 2.24) is 5.32 Å². The Bertz CT molecular complexity index is 825. The number of allylic oxidation sites excluding steroid dienone is 4. The van der Waals surface area contributed by atoms with E-state index in [0.29, 0.717) is 12.8 Å². The number of unbranched alkanes of at least 4 members (excludes halogenated alkanes) is 37. The molecule has 0 bridgehead atoms. The molecule has 338 valence electrons. The maximum Gasteiger partial charge on any atom is 0.220 e. The van der Waals surface area contributed by atoms with Gasteiger partial charge in [-0.15, -0.1) is 0 Å². The van der Waals surface area contributed by atoms with Crippen molar-refractivity contribution in [3.8, 4) is 0 Å². The number of hydrogen-bond acceptors (Lipinski definition) is 3. The zero-order valence-corrected chi connectivity index (χ0v) is 38.9. The van der Waals surface area contributed by atoms with E-state index in [4.69, 9.17) is 0 Å². The summed E-state index contributed by atoms with van der Waals surface area (Å²) < 4.78 is 0. The summed E-state index contributed by atoms with van der Waals surface area (Å²) in [6, 6.07) is -0.529. The van der Waals surface area contributed by atoms with Gasteiger partial charge in [0.1, 0.15) is 0 Å². The summed E-state index contributed by atoms with van der Waals surface area (Å²) in [5, 5.41) is 22.9. The van der Waals surface area contributed by atoms with Gasteiger partial charge in [0.2, 0.25) is 5.91 Å². The van der Waals surface area contributed by atoms with Crippen LogP contribution in [-0.4, -0.2) is 34.9 Å². The molecule has 0 rings (SSSR count). The van der Waals surface area contributed by atoms with Crippen molar-refractivity contribution in [2.75, 3.05) is 6.61 Å². The zero-order chi connectivity index (χ0) is 41.4. The van der Waals surface area contributed by atoms with Gasteiger partial charge in [-0.3, -0.25) is 4.79 Å². The van der Waals surface area contributed by atoms with Crippen LogP contribution in [0, 0.1) is 0 Å². The van der Waals surface area contributed by atoms with E-state index >= 15 is 0 Å². The van der Waals surface area contributed by atoms with E-state index in [2.05, 4.69) is 43.5 Å². The lowest BCUT2D eigenvalue weighted by atomic mass is 10.0. The van der Waals surface area contributed by atoms with E-state index in [1.807, 2.05) is 0 Å². The summed E-state index contributed by atoms with van der Waals surface area (Å²) in [6.45, 7) is 4.30. The van der Waals surface area contributed by atoms with Crippen LogP contribution in [0.2, 0.25) is 0 Å². The molecule has 4 heteroatoms. The number of rotatable bonds is 48. The fourth-order valence-electron chi connectivity index (χ4n) is 8.22. The maximum absolute atomic E-state index is 12.3. The van der Waals surface area contributed by atoms with Gasteiger partial charge in [-0.1, -0.05) is 263 Å². The third kappa shape index (κ3) is 45.8. The van der Waals surface area contributed by atoms with Gasteiger partial charge in [0.05, 0.1) is 18.8 Å². The fourth-order valence-corrected chi connectivity index (χ4v) is 8.22. The first-order chi connectivity index (χ1) is 28.2. The summed E-state index contributed by atoms with van der Waals surface area (Å²) in [5.41, 5.74) is 0. The Labute approximate surface area is 358 Å². The van der Waals surface area contributed by atoms with Crippen LogP contribution < -0.4 is 5.32 Å². The number of nitrogens with one attached hydrogen (secondary N) is 1. The molecule has 0 fully saturated rings. The number of carbonyl (C=O) groups excluding carboxylic acids is 1. The van der Waals surface area contributed by atoms with Crippen molar-refractivity contribution in [3.63, 3.8) is 0 Å². The van der Waals surface area contributed by atoms with Crippen molar-refractivity contribution in [2.45, 2.75) is 302 Å². The first kappa shape index (κ1) is 55.9. The molecule has 3 N–H and O–H groups in total. The molecule has 0 aliphatic rings. The fraction of sp³-hybridized carbons (Fsp3) is 0.906. The predicted octanol–water partition coefficient (Wildman–Crippen LogP) is 16.8. The second-order valence-corrected chi connectivity index (χ2v) is 17.9. The SMILES string of the molecule is CCCCCCC/C=C\C/C=C\CCCCCCCCCCCCCCCCCCCCCCCCCCCCCC(=O)NC(CO)C(O)CCCCCCCC. The topological polar surface area (TPSA) is 69.6 Å². The number of aliphatic hydroxyl groups is 2. The molecular formula is C53H103NO3. The van der Waals surface area contributed by atoms with Crippen LogP contribution in [0.5, 0.6) is 0 Å². The van der Waals surface area contributed by atoms with Gasteiger partial charge < -0.3 is 15.5 Å². The Hall–Kier alpha value is -1.13.